The maximum absolute atomic E-state index is 13.0. The van der Waals surface area contributed by atoms with Crippen LogP contribution in [-0.2, 0) is 18.4 Å². The zero-order chi connectivity index (χ0) is 64.1. The molecule has 502 valence electrons. The summed E-state index contributed by atoms with van der Waals surface area (Å²) in [6, 6.07) is -0.932. The molecule has 0 aliphatic carbocycles. The fourth-order valence-corrected chi connectivity index (χ4v) is 10.4. The summed E-state index contributed by atoms with van der Waals surface area (Å²) in [6.07, 6.45) is 105. The highest BCUT2D eigenvalue weighted by atomic mass is 31.2. The Morgan fingerprint density at radius 2 is 0.705 bits per heavy atom. The van der Waals surface area contributed by atoms with Gasteiger partial charge in [-0.3, -0.25) is 9.36 Å². The predicted octanol–water partition coefficient (Wildman–Crippen LogP) is 22.7. The van der Waals surface area contributed by atoms with Gasteiger partial charge in [-0.05, 0) is 122 Å². The van der Waals surface area contributed by atoms with Gasteiger partial charge in [-0.1, -0.05) is 313 Å². The number of carbonyl (C=O) groups is 1. The van der Waals surface area contributed by atoms with Gasteiger partial charge in [0.2, 0.25) is 5.91 Å². The van der Waals surface area contributed by atoms with Crippen molar-refractivity contribution >= 4 is 13.7 Å². The lowest BCUT2D eigenvalue weighted by Gasteiger charge is -2.29. The van der Waals surface area contributed by atoms with Crippen LogP contribution < -0.4 is 10.2 Å². The molecule has 0 aliphatic heterocycles. The van der Waals surface area contributed by atoms with E-state index in [1.165, 1.54) is 128 Å². The predicted molar refractivity (Wildman–Crippen MR) is 384 cm³/mol. The van der Waals surface area contributed by atoms with Crippen LogP contribution in [0.3, 0.4) is 0 Å². The van der Waals surface area contributed by atoms with Gasteiger partial charge in [0.15, 0.2) is 0 Å². The molecule has 3 atom stereocenters. The molecule has 0 aromatic rings. The number of nitrogens with zero attached hydrogens (tertiary/aromatic N) is 1. The topological polar surface area (TPSA) is 108 Å². The van der Waals surface area contributed by atoms with Crippen LogP contribution in [0.4, 0.5) is 0 Å². The van der Waals surface area contributed by atoms with Crippen LogP contribution in [0, 0.1) is 0 Å². The first-order valence-electron chi connectivity index (χ1n) is 35.8. The van der Waals surface area contributed by atoms with Gasteiger partial charge >= 0.3 is 0 Å². The van der Waals surface area contributed by atoms with Crippen molar-refractivity contribution < 1.29 is 32.9 Å². The van der Waals surface area contributed by atoms with Gasteiger partial charge in [-0.25, -0.2) is 0 Å². The molecule has 0 aromatic heterocycles. The third-order valence-electron chi connectivity index (χ3n) is 15.2. The van der Waals surface area contributed by atoms with Crippen molar-refractivity contribution in [1.29, 1.82) is 0 Å². The summed E-state index contributed by atoms with van der Waals surface area (Å²) in [5.41, 5.74) is 0. The van der Waals surface area contributed by atoms with Crippen LogP contribution in [0.15, 0.2) is 158 Å². The molecule has 0 aromatic carbocycles. The van der Waals surface area contributed by atoms with Gasteiger partial charge in [0, 0.05) is 6.42 Å². The molecule has 0 fully saturated rings. The molecule has 0 bridgehead atoms. The molecule has 88 heavy (non-hydrogen) atoms. The average molecular weight is 1240 g/mol. The van der Waals surface area contributed by atoms with E-state index in [0.29, 0.717) is 17.4 Å². The Bertz CT molecular complexity index is 1990. The van der Waals surface area contributed by atoms with Crippen LogP contribution in [0.2, 0.25) is 0 Å². The highest BCUT2D eigenvalue weighted by Gasteiger charge is 2.23. The molecule has 9 heteroatoms. The molecular formula is C79H135N2O6P. The first-order chi connectivity index (χ1) is 43.0. The monoisotopic (exact) mass is 1240 g/mol. The van der Waals surface area contributed by atoms with Crippen molar-refractivity contribution in [3.05, 3.63) is 158 Å². The number of hydrogen-bond acceptors (Lipinski definition) is 6. The minimum absolute atomic E-state index is 0.0205. The van der Waals surface area contributed by atoms with Crippen LogP contribution in [-0.4, -0.2) is 68.5 Å². The first-order valence-corrected chi connectivity index (χ1v) is 37.3. The van der Waals surface area contributed by atoms with Gasteiger partial charge in [-0.15, -0.1) is 0 Å². The maximum Gasteiger partial charge on any atom is 0.268 e. The summed E-state index contributed by atoms with van der Waals surface area (Å²) in [5, 5.41) is 13.9. The molecule has 2 N–H and O–H groups in total. The average Bonchev–Trinajstić information content (AvgIpc) is 3.70. The molecule has 0 spiro atoms. The number of amides is 1. The molecule has 8 nitrogen and oxygen atoms in total. The number of nitrogens with one attached hydrogen (secondary N) is 1. The number of hydrogen-bond donors (Lipinski definition) is 2. The minimum Gasteiger partial charge on any atom is -0.756 e. The van der Waals surface area contributed by atoms with Crippen LogP contribution >= 0.6 is 7.82 Å². The highest BCUT2D eigenvalue weighted by Crippen LogP contribution is 2.38. The van der Waals surface area contributed by atoms with Crippen molar-refractivity contribution in [3.63, 3.8) is 0 Å². The Morgan fingerprint density at radius 3 is 1.06 bits per heavy atom. The molecule has 0 saturated heterocycles. The van der Waals surface area contributed by atoms with Crippen LogP contribution in [0.25, 0.3) is 0 Å². The second-order valence-corrected chi connectivity index (χ2v) is 26.2. The largest absolute Gasteiger partial charge is 0.756 e. The van der Waals surface area contributed by atoms with Crippen LogP contribution in [0.5, 0.6) is 0 Å². The van der Waals surface area contributed by atoms with Gasteiger partial charge in [-0.2, -0.15) is 0 Å². The van der Waals surface area contributed by atoms with Crippen LogP contribution in [0.1, 0.15) is 284 Å². The smallest absolute Gasteiger partial charge is 0.268 e. The van der Waals surface area contributed by atoms with Gasteiger partial charge in [0.25, 0.3) is 7.82 Å². The van der Waals surface area contributed by atoms with Gasteiger partial charge in [0.05, 0.1) is 39.9 Å². The molecule has 0 radical (unpaired) electrons. The van der Waals surface area contributed by atoms with E-state index in [1.54, 1.807) is 6.08 Å². The van der Waals surface area contributed by atoms with Crippen molar-refractivity contribution in [3.8, 4) is 0 Å². The van der Waals surface area contributed by atoms with E-state index in [0.717, 1.165) is 135 Å². The van der Waals surface area contributed by atoms with Crippen molar-refractivity contribution in [2.45, 2.75) is 296 Å². The number of aliphatic hydroxyl groups excluding tert-OH is 1. The molecular weight excluding hydrogens is 1100 g/mol. The molecule has 0 saturated carbocycles. The number of unbranched alkanes of at least 4 members (excludes halogenated alkanes) is 27. The number of likely N-dealkylation sites (N-methyl/N-ethyl adjacent to an activating group) is 1. The van der Waals surface area contributed by atoms with Crippen molar-refractivity contribution in [2.75, 3.05) is 40.9 Å². The summed E-state index contributed by atoms with van der Waals surface area (Å²) in [6.45, 7) is 4.50. The quantitative estimate of drug-likeness (QED) is 0.0272. The minimum atomic E-state index is -4.63. The van der Waals surface area contributed by atoms with E-state index < -0.39 is 26.6 Å². The van der Waals surface area contributed by atoms with Crippen molar-refractivity contribution in [2.24, 2.45) is 0 Å². The van der Waals surface area contributed by atoms with E-state index >= 15 is 0 Å². The fraction of sp³-hybridized carbons (Fsp3) is 0.658. The molecule has 3 unspecified atom stereocenters. The van der Waals surface area contributed by atoms with Crippen molar-refractivity contribution in [1.82, 2.24) is 5.32 Å². The molecule has 0 rings (SSSR count). The molecule has 1 amide bonds. The third-order valence-corrected chi connectivity index (χ3v) is 16.2. The molecule has 0 heterocycles. The standard InChI is InChI=1S/C79H135N2O6P/c1-6-8-10-12-14-16-18-20-22-24-26-28-30-32-34-36-37-38-39-40-41-42-43-45-47-49-51-53-55-57-59-61-63-65-67-69-71-73-79(83)80-77(76-87-88(84,85)86-75-74-81(3,4)5)78(82)72-70-68-66-64-62-60-58-56-54-52-50-48-46-44-35-33-31-29-27-25-23-21-19-17-15-13-11-9-7-2/h8,10,14,16,20,22,26,28,32,34,37-38,40-41,43,45,49,51,54-57,62,64,70,72,77-78,82H,6-7,9,11-13,15,17-19,21,23-25,27,29-31,33,35-36,39,42,44,46-48,50,52-53,58-61,63,65-69,71,73-76H2,1-5H3,(H-,80,83,84,85)/b10-8-,16-14-,22-20-,28-26-,34-32-,38-37-,41-40-,45-43-,51-49-,56-54+,57-55-,64-62+,72-70+. The fourth-order valence-electron chi connectivity index (χ4n) is 9.69. The zero-order valence-corrected chi connectivity index (χ0v) is 58.3. The highest BCUT2D eigenvalue weighted by molar-refractivity contribution is 7.45. The Morgan fingerprint density at radius 1 is 0.409 bits per heavy atom. The van der Waals surface area contributed by atoms with E-state index in [4.69, 9.17) is 9.05 Å². The SMILES string of the molecule is CC/C=C\C/C=C\C/C=C\C/C=C\C/C=C\C/C=C\C/C=C\C/C=C\C/C=C\C/C=C\CCCCCCCCC(=O)NC(COP(=O)([O-])OCC[N+](C)(C)C)C(O)/C=C/CC/C=C/CC/C=C/CCCCCCCCCCCCCCCCCCCCC. The first kappa shape index (κ1) is 84.1. The number of phosphoric ester groups is 1. The maximum atomic E-state index is 13.0. The normalized spacial score (nSPS) is 14.6. The number of carbonyl (C=O) groups excluding carboxylic acids is 1. The summed E-state index contributed by atoms with van der Waals surface area (Å²) < 4.78 is 23.4. The summed E-state index contributed by atoms with van der Waals surface area (Å²) in [7, 11) is 1.21. The number of allylic oxidation sites excluding steroid dienone is 25. The lowest BCUT2D eigenvalue weighted by Crippen LogP contribution is -2.45. The second kappa shape index (κ2) is 67.5. The number of aliphatic hydroxyl groups is 1. The number of quaternary nitrogens is 1. The number of phosphoric acid groups is 1. The Balaban J connectivity index is 4.23. The third kappa shape index (κ3) is 69.6. The Labute approximate surface area is 543 Å². The van der Waals surface area contributed by atoms with E-state index in [2.05, 4.69) is 165 Å². The summed E-state index contributed by atoms with van der Waals surface area (Å²) in [4.78, 5) is 25.6. The number of rotatable bonds is 64. The Kier molecular flexibility index (Phi) is 64.5. The van der Waals surface area contributed by atoms with E-state index in [9.17, 15) is 19.4 Å². The second-order valence-electron chi connectivity index (χ2n) is 24.8. The Hall–Kier alpha value is -3.88. The molecule has 0 aliphatic rings. The van der Waals surface area contributed by atoms with Gasteiger partial charge < -0.3 is 28.8 Å². The lowest BCUT2D eigenvalue weighted by molar-refractivity contribution is -0.870. The van der Waals surface area contributed by atoms with E-state index in [-0.39, 0.29) is 12.5 Å². The zero-order valence-electron chi connectivity index (χ0n) is 57.4. The van der Waals surface area contributed by atoms with E-state index in [1.807, 2.05) is 27.2 Å². The summed E-state index contributed by atoms with van der Waals surface area (Å²) >= 11 is 0. The van der Waals surface area contributed by atoms with Gasteiger partial charge in [0.1, 0.15) is 13.2 Å². The lowest BCUT2D eigenvalue weighted by atomic mass is 10.0. The summed E-state index contributed by atoms with van der Waals surface area (Å²) in [5.74, 6) is -0.230.